The second kappa shape index (κ2) is 4.48. The van der Waals surface area contributed by atoms with Gasteiger partial charge >= 0.3 is 0 Å². The smallest absolute Gasteiger partial charge is 0.207 e. The zero-order chi connectivity index (χ0) is 9.78. The number of allylic oxidation sites excluding steroid dienone is 4. The van der Waals surface area contributed by atoms with Crippen molar-refractivity contribution in [3.05, 3.63) is 35.3 Å². The molecule has 2 nitrogen and oxygen atoms in total. The average molecular weight is 207 g/mol. The van der Waals surface area contributed by atoms with Gasteiger partial charge in [-0.25, -0.2) is 8.42 Å². The minimum absolute atomic E-state index is 0.0577. The summed E-state index contributed by atoms with van der Waals surface area (Å²) in [6.07, 6.45) is 4.63. The molecule has 0 fully saturated rings. The molecule has 0 heterocycles. The van der Waals surface area contributed by atoms with E-state index in [-0.39, 0.29) is 4.91 Å². The molecule has 0 rings (SSSR count). The molecule has 0 unspecified atom stereocenters. The molecular weight excluding hydrogens is 196 g/mol. The highest BCUT2D eigenvalue weighted by Gasteiger charge is 2.11. The molecular formula is C8H11ClO2S. The lowest BCUT2D eigenvalue weighted by Gasteiger charge is -1.98. The van der Waals surface area contributed by atoms with E-state index in [1.807, 2.05) is 0 Å². The van der Waals surface area contributed by atoms with Crippen LogP contribution in [0.3, 0.4) is 0 Å². The SMILES string of the molecule is C=C/C(=C(C)\C=C/C)S(=O)(=O)Cl. The Labute approximate surface area is 77.7 Å². The van der Waals surface area contributed by atoms with Crippen molar-refractivity contribution in [2.24, 2.45) is 0 Å². The lowest BCUT2D eigenvalue weighted by atomic mass is 10.2. The van der Waals surface area contributed by atoms with Crippen LogP contribution in [0.15, 0.2) is 35.3 Å². The number of rotatable bonds is 3. The van der Waals surface area contributed by atoms with Gasteiger partial charge in [0.25, 0.3) is 9.05 Å². The van der Waals surface area contributed by atoms with Crippen molar-refractivity contribution in [1.29, 1.82) is 0 Å². The highest BCUT2D eigenvalue weighted by Crippen LogP contribution is 2.18. The fraction of sp³-hybridized carbons (Fsp3) is 0.250. The van der Waals surface area contributed by atoms with E-state index in [0.717, 1.165) is 0 Å². The average Bonchev–Trinajstić information content (AvgIpc) is 1.85. The molecule has 0 atom stereocenters. The lowest BCUT2D eigenvalue weighted by Crippen LogP contribution is -1.94. The molecule has 0 aliphatic rings. The van der Waals surface area contributed by atoms with Gasteiger partial charge in [-0.15, -0.1) is 0 Å². The Bertz CT molecular complexity index is 323. The first-order valence-corrected chi connectivity index (χ1v) is 5.65. The summed E-state index contributed by atoms with van der Waals surface area (Å²) in [6.45, 7) is 6.84. The molecule has 0 bridgehead atoms. The zero-order valence-electron chi connectivity index (χ0n) is 7.04. The second-order valence-electron chi connectivity index (χ2n) is 2.19. The van der Waals surface area contributed by atoms with E-state index >= 15 is 0 Å². The molecule has 0 aromatic rings. The largest absolute Gasteiger partial charge is 0.261 e. The summed E-state index contributed by atoms with van der Waals surface area (Å²) in [5.74, 6) is 0. The second-order valence-corrected chi connectivity index (χ2v) is 4.72. The van der Waals surface area contributed by atoms with Gasteiger partial charge in [0, 0.05) is 10.7 Å². The third kappa shape index (κ3) is 3.24. The van der Waals surface area contributed by atoms with E-state index < -0.39 is 9.05 Å². The Morgan fingerprint density at radius 3 is 2.25 bits per heavy atom. The summed E-state index contributed by atoms with van der Waals surface area (Å²) in [4.78, 5) is 0.0577. The van der Waals surface area contributed by atoms with Crippen LogP contribution in [0.2, 0.25) is 0 Å². The first-order valence-electron chi connectivity index (χ1n) is 3.34. The van der Waals surface area contributed by atoms with Crippen LogP contribution in [0.5, 0.6) is 0 Å². The normalized spacial score (nSPS) is 14.6. The van der Waals surface area contributed by atoms with E-state index in [4.69, 9.17) is 10.7 Å². The van der Waals surface area contributed by atoms with E-state index in [1.165, 1.54) is 6.08 Å². The summed E-state index contributed by atoms with van der Waals surface area (Å²) in [5.41, 5.74) is 0.586. The molecule has 68 valence electrons. The number of hydrogen-bond donors (Lipinski definition) is 0. The third-order valence-corrected chi connectivity index (χ3v) is 2.77. The lowest BCUT2D eigenvalue weighted by molar-refractivity contribution is 0.615. The Morgan fingerprint density at radius 1 is 1.50 bits per heavy atom. The maximum atomic E-state index is 10.9. The van der Waals surface area contributed by atoms with Crippen LogP contribution in [0.4, 0.5) is 0 Å². The molecule has 0 aliphatic heterocycles. The summed E-state index contributed by atoms with van der Waals surface area (Å²) < 4.78 is 21.8. The maximum Gasteiger partial charge on any atom is 0.261 e. The van der Waals surface area contributed by atoms with Crippen molar-refractivity contribution >= 4 is 19.7 Å². The van der Waals surface area contributed by atoms with Crippen LogP contribution in [0, 0.1) is 0 Å². The number of hydrogen-bond acceptors (Lipinski definition) is 2. The molecule has 0 amide bonds. The summed E-state index contributed by atoms with van der Waals surface area (Å²) >= 11 is 0. The predicted molar refractivity (Wildman–Crippen MR) is 52.5 cm³/mol. The van der Waals surface area contributed by atoms with Crippen molar-refractivity contribution in [3.8, 4) is 0 Å². The molecule has 0 saturated heterocycles. The van der Waals surface area contributed by atoms with Gasteiger partial charge in [0.1, 0.15) is 0 Å². The first-order chi connectivity index (χ1) is 5.43. The molecule has 0 saturated carbocycles. The highest BCUT2D eigenvalue weighted by atomic mass is 35.7. The van der Waals surface area contributed by atoms with Gasteiger partial charge in [0.05, 0.1) is 4.91 Å². The molecule has 0 aromatic carbocycles. The fourth-order valence-electron chi connectivity index (χ4n) is 0.785. The summed E-state index contributed by atoms with van der Waals surface area (Å²) in [6, 6.07) is 0. The van der Waals surface area contributed by atoms with Gasteiger partial charge < -0.3 is 0 Å². The van der Waals surface area contributed by atoms with E-state index in [0.29, 0.717) is 5.57 Å². The predicted octanol–water partition coefficient (Wildman–Crippen LogP) is 2.59. The quantitative estimate of drug-likeness (QED) is 0.526. The van der Waals surface area contributed by atoms with Gasteiger partial charge in [0.2, 0.25) is 0 Å². The maximum absolute atomic E-state index is 10.9. The molecule has 0 radical (unpaired) electrons. The van der Waals surface area contributed by atoms with Gasteiger partial charge in [0.15, 0.2) is 0 Å². The van der Waals surface area contributed by atoms with E-state index in [2.05, 4.69) is 6.58 Å². The van der Waals surface area contributed by atoms with Gasteiger partial charge in [-0.2, -0.15) is 0 Å². The summed E-state index contributed by atoms with van der Waals surface area (Å²) in [7, 11) is 1.49. The third-order valence-electron chi connectivity index (χ3n) is 1.25. The van der Waals surface area contributed by atoms with Crippen molar-refractivity contribution < 1.29 is 8.42 Å². The van der Waals surface area contributed by atoms with Crippen LogP contribution in [-0.4, -0.2) is 8.42 Å². The number of halogens is 1. The zero-order valence-corrected chi connectivity index (χ0v) is 8.61. The Kier molecular flexibility index (Phi) is 4.28. The van der Waals surface area contributed by atoms with Crippen LogP contribution in [0.1, 0.15) is 13.8 Å². The van der Waals surface area contributed by atoms with Crippen molar-refractivity contribution in [1.82, 2.24) is 0 Å². The van der Waals surface area contributed by atoms with Crippen molar-refractivity contribution in [3.63, 3.8) is 0 Å². The topological polar surface area (TPSA) is 34.1 Å². The molecule has 0 aliphatic carbocycles. The summed E-state index contributed by atoms with van der Waals surface area (Å²) in [5, 5.41) is 0. The van der Waals surface area contributed by atoms with Crippen LogP contribution in [-0.2, 0) is 9.05 Å². The standard InChI is InChI=1S/C8H11ClO2S/c1-4-6-7(3)8(5-2)12(9,10)11/h4-6H,2H2,1,3H3/b6-4-,8-7+. The van der Waals surface area contributed by atoms with E-state index in [1.54, 1.807) is 26.0 Å². The molecule has 4 heteroatoms. The van der Waals surface area contributed by atoms with Gasteiger partial charge in [-0.3, -0.25) is 0 Å². The first kappa shape index (κ1) is 11.5. The van der Waals surface area contributed by atoms with Crippen LogP contribution in [0.25, 0.3) is 0 Å². The van der Waals surface area contributed by atoms with Gasteiger partial charge in [-0.1, -0.05) is 18.7 Å². The Morgan fingerprint density at radius 2 is 2.00 bits per heavy atom. The molecule has 0 aromatic heterocycles. The van der Waals surface area contributed by atoms with Crippen molar-refractivity contribution in [2.45, 2.75) is 13.8 Å². The molecule has 0 N–H and O–H groups in total. The van der Waals surface area contributed by atoms with E-state index in [9.17, 15) is 8.42 Å². The minimum Gasteiger partial charge on any atom is -0.207 e. The highest BCUT2D eigenvalue weighted by molar-refractivity contribution is 8.17. The monoisotopic (exact) mass is 206 g/mol. The molecule has 0 spiro atoms. The minimum atomic E-state index is -3.65. The fourth-order valence-corrected chi connectivity index (χ4v) is 1.99. The Balaban J connectivity index is 5.30. The van der Waals surface area contributed by atoms with Crippen LogP contribution < -0.4 is 0 Å². The van der Waals surface area contributed by atoms with Crippen LogP contribution >= 0.6 is 10.7 Å². The van der Waals surface area contributed by atoms with Gasteiger partial charge in [-0.05, 0) is 25.5 Å². The van der Waals surface area contributed by atoms with Crippen molar-refractivity contribution in [2.75, 3.05) is 0 Å². The Hall–Kier alpha value is -0.540. The molecule has 12 heavy (non-hydrogen) atoms.